The van der Waals surface area contributed by atoms with Gasteiger partial charge in [-0.25, -0.2) is 27.1 Å². The molecule has 0 saturated heterocycles. The second kappa shape index (κ2) is 27.6. The fourth-order valence-electron chi connectivity index (χ4n) is 13.1. The molecule has 0 fully saturated rings. The Morgan fingerprint density at radius 3 is 1.40 bits per heavy atom. The number of hydrogen-bond donors (Lipinski definition) is 5. The minimum absolute atomic E-state index is 0.0489. The second-order valence-corrected chi connectivity index (χ2v) is 27.1. The first-order valence-corrected chi connectivity index (χ1v) is 33.4. The first-order chi connectivity index (χ1) is 48.9. The molecular formula is C78H70BrN15O8. The molecule has 5 aliphatic heterocycles. The number of hydrogen-bond acceptors (Lipinski definition) is 13. The number of amides is 5. The van der Waals surface area contributed by atoms with Crippen LogP contribution in [0.1, 0.15) is 132 Å². The van der Waals surface area contributed by atoms with E-state index in [1.165, 1.54) is 5.56 Å². The molecule has 0 spiro atoms. The van der Waals surface area contributed by atoms with Gasteiger partial charge in [0.2, 0.25) is 0 Å². The maximum absolute atomic E-state index is 12.2. The summed E-state index contributed by atoms with van der Waals surface area (Å²) in [6.45, 7) is 18.3. The summed E-state index contributed by atoms with van der Waals surface area (Å²) in [7, 11) is 3.98. The monoisotopic (exact) mass is 1420 g/mol. The van der Waals surface area contributed by atoms with Gasteiger partial charge in [0.05, 0.1) is 85.7 Å². The van der Waals surface area contributed by atoms with E-state index in [1.807, 2.05) is 180 Å². The zero-order valence-electron chi connectivity index (χ0n) is 57.2. The Labute approximate surface area is 593 Å². The molecule has 102 heavy (non-hydrogen) atoms. The molecule has 24 heteroatoms. The van der Waals surface area contributed by atoms with Crippen LogP contribution in [0.2, 0.25) is 0 Å². The highest BCUT2D eigenvalue weighted by molar-refractivity contribution is 9.10. The van der Waals surface area contributed by atoms with Crippen molar-refractivity contribution in [3.8, 4) is 11.3 Å². The fraction of sp³-hybridized carbons (Fsp3) is 0.167. The summed E-state index contributed by atoms with van der Waals surface area (Å²) in [5, 5.41) is 24.3. The lowest BCUT2D eigenvalue weighted by molar-refractivity contribution is -0.155. The lowest BCUT2D eigenvalue weighted by Crippen LogP contribution is -2.26. The van der Waals surface area contributed by atoms with Gasteiger partial charge in [0.15, 0.2) is 5.88 Å². The molecule has 10 heterocycles. The van der Waals surface area contributed by atoms with Gasteiger partial charge in [-0.05, 0) is 143 Å². The molecule has 5 amide bonds. The maximum Gasteiger partial charge on any atom is 0.326 e. The Hall–Kier alpha value is -12.6. The van der Waals surface area contributed by atoms with Gasteiger partial charge in [-0.2, -0.15) is 25.5 Å². The van der Waals surface area contributed by atoms with Crippen LogP contribution in [-0.2, 0) is 41.5 Å². The highest BCUT2D eigenvalue weighted by Crippen LogP contribution is 2.37. The van der Waals surface area contributed by atoms with Crippen molar-refractivity contribution in [3.63, 3.8) is 0 Å². The largest absolute Gasteiger partial charge is 0.473 e. The lowest BCUT2D eigenvalue weighted by atomic mass is 10.0. The van der Waals surface area contributed by atoms with E-state index in [9.17, 15) is 28.8 Å². The summed E-state index contributed by atoms with van der Waals surface area (Å²) in [4.78, 5) is 72.2. The Bertz CT molecular complexity index is 5610. The lowest BCUT2D eigenvalue weighted by Gasteiger charge is -2.23. The molecule has 12 aromatic rings. The summed E-state index contributed by atoms with van der Waals surface area (Å²) in [6, 6.07) is 48.7. The molecule has 0 aliphatic carbocycles. The number of carbonyl (C=O) groups excluding carboxylic acids is 6. The standard InChI is InChI=1S/C18H15N3O.C17H13N3O.C16H16BrN3O3.C16H17N3O2.C11H9N3O/c1-12-15-10-19-20-18(22)14-8-5-9-16(17(14)15)21(12)11-13-6-3-2-4-7-13;1-20-14-9-5-8-12-15(14)13(10-18-19-17(12)21)16(20)11-6-3-2-4-7-11;1-16(2,3)23-12(21)8-20-11-6-4-5-9-13(11)10(14(20)17)7-18-19-15(9)22;1-10(21-16(2,3)4)19-9-11-8-17-18-15(20)12-6-5-7-13(19)14(11)12;1-14-6-7-5-12-13-11(15)8-3-2-4-9(14)10(7)8/h2-10H,11H2,1H3,(H,20,22);2-10H,1H3,(H,19,21);4-7H,8H2,1-3H3,(H,19,22);5-9H,1H2,2-4H3,(H,18,20);2-6H,1H3,(H,13,15). The molecule has 0 bridgehead atoms. The molecular weight excluding hydrogens is 1350 g/mol. The zero-order chi connectivity index (χ0) is 71.9. The summed E-state index contributed by atoms with van der Waals surface area (Å²) in [5.74, 6) is -0.779. The van der Waals surface area contributed by atoms with Gasteiger partial charge in [-0.15, -0.1) is 0 Å². The van der Waals surface area contributed by atoms with Gasteiger partial charge < -0.3 is 27.7 Å². The highest BCUT2D eigenvalue weighted by atomic mass is 79.9. The highest BCUT2D eigenvalue weighted by Gasteiger charge is 2.28. The SMILES string of the molecule is C=C(OC(C)(C)C)n1cc2c3c(cccc31)C(=O)NN=C2.CC(C)(C)OC(=O)Cn1c(Br)c2c3c(cccc31)C(=O)NN=C2.Cc1c2c3c(cccc3n1Cc1ccccc1)C(=O)NN=C2.Cn1c(-c2ccccc2)c2c3c(cccc31)C(=O)NN=C2.Cn1cc2c3c(cccc31)C(=O)NN=C2. The Kier molecular flexibility index (Phi) is 18.4. The third-order valence-corrected chi connectivity index (χ3v) is 18.2. The number of hydrazone groups is 5. The molecule has 512 valence electrons. The molecule has 0 unspecified atom stereocenters. The van der Waals surface area contributed by atoms with E-state index in [0.29, 0.717) is 38.3 Å². The predicted molar refractivity (Wildman–Crippen MR) is 402 cm³/mol. The second-order valence-electron chi connectivity index (χ2n) is 26.4. The molecule has 17 rings (SSSR count). The molecule has 5 aromatic heterocycles. The first-order valence-electron chi connectivity index (χ1n) is 32.6. The number of aromatic nitrogens is 5. The number of rotatable bonds is 7. The maximum atomic E-state index is 12.2. The van der Waals surface area contributed by atoms with Crippen LogP contribution >= 0.6 is 15.9 Å². The summed E-state index contributed by atoms with van der Waals surface area (Å²) in [6.07, 6.45) is 12.2. The molecule has 23 nitrogen and oxygen atoms in total. The van der Waals surface area contributed by atoms with Crippen molar-refractivity contribution in [3.05, 3.63) is 242 Å². The number of carbonyl (C=O) groups is 6. The van der Waals surface area contributed by atoms with Crippen molar-refractivity contribution < 1.29 is 38.2 Å². The van der Waals surface area contributed by atoms with Crippen LogP contribution < -0.4 is 27.1 Å². The van der Waals surface area contributed by atoms with Crippen molar-refractivity contribution in [2.24, 2.45) is 39.6 Å². The number of esters is 1. The van der Waals surface area contributed by atoms with Crippen molar-refractivity contribution >= 4 is 143 Å². The quantitative estimate of drug-likeness (QED) is 0.0754. The third-order valence-electron chi connectivity index (χ3n) is 17.3. The van der Waals surface area contributed by atoms with E-state index in [1.54, 1.807) is 53.8 Å². The molecule has 0 saturated carbocycles. The minimum atomic E-state index is -0.548. The van der Waals surface area contributed by atoms with Crippen LogP contribution in [-0.4, -0.2) is 101 Å². The Balaban J connectivity index is 0.000000114. The summed E-state index contributed by atoms with van der Waals surface area (Å²) >= 11 is 3.51. The summed E-state index contributed by atoms with van der Waals surface area (Å²) < 4.78 is 21.9. The van der Waals surface area contributed by atoms with E-state index in [-0.39, 0.29) is 47.7 Å². The van der Waals surface area contributed by atoms with Crippen LogP contribution in [0.25, 0.3) is 71.7 Å². The van der Waals surface area contributed by atoms with Crippen molar-refractivity contribution in [1.82, 2.24) is 50.0 Å². The average Bonchev–Trinajstić information content (AvgIpc) is 1.61. The third kappa shape index (κ3) is 13.3. The number of nitrogens with one attached hydrogen (secondary N) is 5. The van der Waals surface area contributed by atoms with Crippen molar-refractivity contribution in [1.29, 1.82) is 0 Å². The normalized spacial score (nSPS) is 13.6. The topological polar surface area (TPSA) is 267 Å². The van der Waals surface area contributed by atoms with Gasteiger partial charge in [-0.1, -0.05) is 91.0 Å². The van der Waals surface area contributed by atoms with E-state index >= 15 is 0 Å². The molecule has 0 atom stereocenters. The van der Waals surface area contributed by atoms with Crippen LogP contribution in [0.4, 0.5) is 0 Å². The number of halogens is 1. The Morgan fingerprint density at radius 1 is 0.461 bits per heavy atom. The van der Waals surface area contributed by atoms with E-state index in [2.05, 4.69) is 122 Å². The number of nitrogens with zero attached hydrogens (tertiary/aromatic N) is 10. The molecule has 5 aliphatic rings. The van der Waals surface area contributed by atoms with Crippen LogP contribution in [0, 0.1) is 6.92 Å². The van der Waals surface area contributed by atoms with Crippen LogP contribution in [0.5, 0.6) is 0 Å². The van der Waals surface area contributed by atoms with Gasteiger partial charge in [-0.3, -0.25) is 33.3 Å². The predicted octanol–water partition coefficient (Wildman–Crippen LogP) is 13.0. The number of benzene rings is 7. The van der Waals surface area contributed by atoms with Gasteiger partial charge >= 0.3 is 5.97 Å². The molecule has 0 radical (unpaired) electrons. The smallest absolute Gasteiger partial charge is 0.326 e. The fourth-order valence-corrected chi connectivity index (χ4v) is 13.7. The number of ether oxygens (including phenoxy) is 2. The average molecular weight is 1430 g/mol. The van der Waals surface area contributed by atoms with Crippen molar-refractivity contribution in [2.75, 3.05) is 0 Å². The molecule has 7 aromatic carbocycles. The van der Waals surface area contributed by atoms with Crippen LogP contribution in [0.3, 0.4) is 0 Å². The Morgan fingerprint density at radius 2 is 0.873 bits per heavy atom. The van der Waals surface area contributed by atoms with Gasteiger partial charge in [0.25, 0.3) is 29.5 Å². The zero-order valence-corrected chi connectivity index (χ0v) is 58.8. The summed E-state index contributed by atoms with van der Waals surface area (Å²) in [5.41, 5.74) is 28.7. The van der Waals surface area contributed by atoms with Gasteiger partial charge in [0, 0.05) is 105 Å². The van der Waals surface area contributed by atoms with Crippen LogP contribution in [0.15, 0.2) is 201 Å². The van der Waals surface area contributed by atoms with E-state index in [4.69, 9.17) is 9.47 Å². The number of aryl methyl sites for hydroxylation is 2. The molecule has 5 N–H and O–H groups in total. The van der Waals surface area contributed by atoms with Crippen molar-refractivity contribution in [2.45, 2.75) is 72.8 Å². The van der Waals surface area contributed by atoms with E-state index in [0.717, 1.165) is 106 Å². The minimum Gasteiger partial charge on any atom is -0.473 e. The van der Waals surface area contributed by atoms with Gasteiger partial charge in [0.1, 0.15) is 17.7 Å². The van der Waals surface area contributed by atoms with E-state index < -0.39 is 5.60 Å². The first kappa shape index (κ1) is 68.0.